The van der Waals surface area contributed by atoms with E-state index in [-0.39, 0.29) is 17.7 Å². The number of ether oxygens (including phenoxy) is 1. The Morgan fingerprint density at radius 3 is 3.06 bits per heavy atom. The molecule has 2 aromatic rings. The van der Waals surface area contributed by atoms with E-state index in [9.17, 15) is 14.7 Å². The Morgan fingerprint density at radius 1 is 1.62 bits per heavy atom. The number of esters is 1. The van der Waals surface area contributed by atoms with Crippen molar-refractivity contribution < 1.29 is 14.6 Å². The van der Waals surface area contributed by atoms with E-state index < -0.39 is 17.1 Å². The molecule has 0 saturated carbocycles. The first kappa shape index (κ1) is 10.3. The highest BCUT2D eigenvalue weighted by Gasteiger charge is 2.17. The van der Waals surface area contributed by atoms with Gasteiger partial charge >= 0.3 is 5.97 Å². The van der Waals surface area contributed by atoms with Gasteiger partial charge in [-0.05, 0) is 6.92 Å². The van der Waals surface area contributed by atoms with Gasteiger partial charge in [-0.15, -0.1) is 0 Å². The molecule has 0 spiro atoms. The van der Waals surface area contributed by atoms with Crippen molar-refractivity contribution in [1.29, 1.82) is 0 Å². The third-order valence-electron chi connectivity index (χ3n) is 2.17. The Hall–Kier alpha value is -2.24. The number of aromatic nitrogens is 2. The Morgan fingerprint density at radius 2 is 2.38 bits per heavy atom. The van der Waals surface area contributed by atoms with Gasteiger partial charge in [-0.1, -0.05) is 0 Å². The first-order valence-corrected chi connectivity index (χ1v) is 4.74. The maximum absolute atomic E-state index is 11.5. The molecule has 0 fully saturated rings. The lowest BCUT2D eigenvalue weighted by atomic mass is 10.2. The van der Waals surface area contributed by atoms with E-state index in [1.165, 1.54) is 23.0 Å². The van der Waals surface area contributed by atoms with Crippen molar-refractivity contribution >= 4 is 11.5 Å². The van der Waals surface area contributed by atoms with Crippen LogP contribution in [0.4, 0.5) is 0 Å². The number of nitrogens with zero attached hydrogens (tertiary/aromatic N) is 1. The van der Waals surface area contributed by atoms with E-state index in [0.717, 1.165) is 0 Å². The molecule has 16 heavy (non-hydrogen) atoms. The lowest BCUT2D eigenvalue weighted by Crippen LogP contribution is -2.07. The van der Waals surface area contributed by atoms with Crippen molar-refractivity contribution in [3.05, 3.63) is 34.2 Å². The minimum Gasteiger partial charge on any atom is -0.503 e. The Bertz CT molecular complexity index is 596. The number of H-pyrrole nitrogens is 1. The smallest absolute Gasteiger partial charge is 0.342 e. The average Bonchev–Trinajstić information content (AvgIpc) is 2.68. The van der Waals surface area contributed by atoms with Gasteiger partial charge in [-0.3, -0.25) is 9.31 Å². The van der Waals surface area contributed by atoms with E-state index in [1.54, 1.807) is 6.92 Å². The highest BCUT2D eigenvalue weighted by molar-refractivity contribution is 5.98. The molecule has 2 rings (SSSR count). The summed E-state index contributed by atoms with van der Waals surface area (Å²) in [5.41, 5.74) is -0.270. The molecule has 6 heteroatoms. The molecule has 0 aliphatic heterocycles. The van der Waals surface area contributed by atoms with Crippen LogP contribution in [-0.4, -0.2) is 27.3 Å². The van der Waals surface area contributed by atoms with Crippen molar-refractivity contribution in [1.82, 2.24) is 9.61 Å². The van der Waals surface area contributed by atoms with Crippen molar-refractivity contribution in [3.63, 3.8) is 0 Å². The summed E-state index contributed by atoms with van der Waals surface area (Å²) in [6.07, 6.45) is 2.81. The van der Waals surface area contributed by atoms with Crippen molar-refractivity contribution in [2.24, 2.45) is 0 Å². The Labute approximate surface area is 90.1 Å². The normalized spacial score (nSPS) is 10.6. The van der Waals surface area contributed by atoms with Gasteiger partial charge in [0, 0.05) is 18.5 Å². The SMILES string of the molecule is CCOC(=O)c1c[nH]n2ccc(=O)c(O)c12. The predicted molar refractivity (Wildman–Crippen MR) is 55.6 cm³/mol. The summed E-state index contributed by atoms with van der Waals surface area (Å²) >= 11 is 0. The van der Waals surface area contributed by atoms with Gasteiger partial charge in [0.15, 0.2) is 5.75 Å². The fourth-order valence-electron chi connectivity index (χ4n) is 1.46. The van der Waals surface area contributed by atoms with Crippen molar-refractivity contribution in [2.45, 2.75) is 6.92 Å². The molecule has 0 radical (unpaired) electrons. The minimum absolute atomic E-state index is 0.131. The monoisotopic (exact) mass is 222 g/mol. The molecule has 0 atom stereocenters. The average molecular weight is 222 g/mol. The number of nitrogens with one attached hydrogen (secondary N) is 1. The van der Waals surface area contributed by atoms with Crippen LogP contribution < -0.4 is 5.43 Å². The molecular weight excluding hydrogens is 212 g/mol. The summed E-state index contributed by atoms with van der Waals surface area (Å²) in [7, 11) is 0. The van der Waals surface area contributed by atoms with Gasteiger partial charge in [0.05, 0.1) is 6.61 Å². The number of hydrogen-bond acceptors (Lipinski definition) is 4. The third kappa shape index (κ3) is 1.44. The molecule has 2 N–H and O–H groups in total. The van der Waals surface area contributed by atoms with Crippen LogP contribution in [-0.2, 0) is 4.74 Å². The van der Waals surface area contributed by atoms with Crippen LogP contribution in [0.5, 0.6) is 5.75 Å². The number of carbonyl (C=O) groups excluding carboxylic acids is 1. The number of rotatable bonds is 2. The molecule has 0 unspecified atom stereocenters. The van der Waals surface area contributed by atoms with E-state index in [2.05, 4.69) is 5.10 Å². The van der Waals surface area contributed by atoms with Crippen LogP contribution in [0.2, 0.25) is 0 Å². The van der Waals surface area contributed by atoms with Crippen LogP contribution in [0, 0.1) is 0 Å². The minimum atomic E-state index is -0.581. The van der Waals surface area contributed by atoms with Gasteiger partial charge in [-0.2, -0.15) is 0 Å². The second kappa shape index (κ2) is 3.73. The van der Waals surface area contributed by atoms with Gasteiger partial charge < -0.3 is 14.9 Å². The summed E-state index contributed by atoms with van der Waals surface area (Å²) in [5.74, 6) is -1.05. The van der Waals surface area contributed by atoms with Gasteiger partial charge in [-0.25, -0.2) is 4.79 Å². The van der Waals surface area contributed by atoms with Crippen molar-refractivity contribution in [3.8, 4) is 5.75 Å². The molecule has 0 saturated heterocycles. The van der Waals surface area contributed by atoms with Gasteiger partial charge in [0.1, 0.15) is 11.1 Å². The quantitative estimate of drug-likeness (QED) is 0.725. The molecular formula is C10H10N2O4. The maximum atomic E-state index is 11.5. The topological polar surface area (TPSA) is 83.8 Å². The third-order valence-corrected chi connectivity index (χ3v) is 2.17. The number of pyridine rings is 1. The van der Waals surface area contributed by atoms with Crippen LogP contribution in [0.15, 0.2) is 23.3 Å². The first-order valence-electron chi connectivity index (χ1n) is 4.74. The van der Waals surface area contributed by atoms with Gasteiger partial charge in [0.25, 0.3) is 0 Å². The van der Waals surface area contributed by atoms with E-state index in [4.69, 9.17) is 4.74 Å². The van der Waals surface area contributed by atoms with Crippen LogP contribution >= 0.6 is 0 Å². The second-order valence-electron chi connectivity index (χ2n) is 3.15. The van der Waals surface area contributed by atoms with Gasteiger partial charge in [0.2, 0.25) is 5.43 Å². The molecule has 0 aliphatic carbocycles. The number of fused-ring (bicyclic) bond motifs is 1. The van der Waals surface area contributed by atoms with Crippen LogP contribution in [0.1, 0.15) is 17.3 Å². The molecule has 0 amide bonds. The number of carbonyl (C=O) groups is 1. The summed E-state index contributed by atoms with van der Waals surface area (Å²) in [4.78, 5) is 22.7. The van der Waals surface area contributed by atoms with Crippen molar-refractivity contribution in [2.75, 3.05) is 6.61 Å². The molecule has 84 valence electrons. The van der Waals surface area contributed by atoms with E-state index in [0.29, 0.717) is 0 Å². The number of hydrogen-bond donors (Lipinski definition) is 2. The highest BCUT2D eigenvalue weighted by Crippen LogP contribution is 2.18. The van der Waals surface area contributed by atoms with Crippen LogP contribution in [0.25, 0.3) is 5.52 Å². The highest BCUT2D eigenvalue weighted by atomic mass is 16.5. The molecule has 0 bridgehead atoms. The zero-order chi connectivity index (χ0) is 11.7. The van der Waals surface area contributed by atoms with E-state index in [1.807, 2.05) is 0 Å². The lowest BCUT2D eigenvalue weighted by Gasteiger charge is -2.00. The second-order valence-corrected chi connectivity index (χ2v) is 3.15. The molecule has 0 aliphatic rings. The number of aromatic amines is 1. The fraction of sp³-hybridized carbons (Fsp3) is 0.200. The predicted octanol–water partition coefficient (Wildman–Crippen LogP) is 0.510. The van der Waals surface area contributed by atoms with E-state index >= 15 is 0 Å². The molecule has 2 aromatic heterocycles. The Balaban J connectivity index is 2.68. The lowest BCUT2D eigenvalue weighted by molar-refractivity contribution is 0.0528. The summed E-state index contributed by atoms with van der Waals surface area (Å²) in [6.45, 7) is 1.91. The maximum Gasteiger partial charge on any atom is 0.342 e. The molecule has 2 heterocycles. The summed E-state index contributed by atoms with van der Waals surface area (Å²) < 4.78 is 6.18. The molecule has 0 aromatic carbocycles. The number of aromatic hydroxyl groups is 1. The zero-order valence-corrected chi connectivity index (χ0v) is 8.56. The summed E-state index contributed by atoms with van der Waals surface area (Å²) in [6, 6.07) is 1.20. The zero-order valence-electron chi connectivity index (χ0n) is 8.56. The first-order chi connectivity index (χ1) is 7.65. The Kier molecular flexibility index (Phi) is 2.40. The summed E-state index contributed by atoms with van der Waals surface area (Å²) in [5, 5.41) is 12.3. The fourth-order valence-corrected chi connectivity index (χ4v) is 1.46. The molecule has 6 nitrogen and oxygen atoms in total. The van der Waals surface area contributed by atoms with Crippen LogP contribution in [0.3, 0.4) is 0 Å². The largest absolute Gasteiger partial charge is 0.503 e. The standard InChI is InChI=1S/C10H10N2O4/c1-2-16-10(15)6-5-11-12-4-3-7(13)9(14)8(6)12/h3-5,11,14H,2H2,1H3.